The molecule has 176 valence electrons. The van der Waals surface area contributed by atoms with Crippen LogP contribution in [0, 0.1) is 28.6 Å². The highest BCUT2D eigenvalue weighted by Crippen LogP contribution is 2.73. The molecular weight excluding hydrogens is 426 g/mol. The third kappa shape index (κ3) is 2.89. The van der Waals surface area contributed by atoms with Gasteiger partial charge in [0.25, 0.3) is 0 Å². The lowest BCUT2D eigenvalue weighted by Gasteiger charge is -2.56. The van der Waals surface area contributed by atoms with Crippen molar-refractivity contribution in [1.82, 2.24) is 0 Å². The fourth-order valence-electron chi connectivity index (χ4n) is 7.48. The monoisotopic (exact) mass is 455 g/mol. The Bertz CT molecular complexity index is 1110. The maximum Gasteiger partial charge on any atom is 0.339 e. The smallest absolute Gasteiger partial charge is 0.339 e. The Hall–Kier alpha value is -2.87. The van der Waals surface area contributed by atoms with Gasteiger partial charge >= 0.3 is 5.97 Å². The minimum absolute atomic E-state index is 0.0146. The number of anilines is 1. The molecule has 3 aliphatic carbocycles. The van der Waals surface area contributed by atoms with Crippen molar-refractivity contribution in [2.75, 3.05) is 5.32 Å². The fraction of sp³-hybridized carbons (Fsp3) is 0.560. The average molecular weight is 456 g/mol. The summed E-state index contributed by atoms with van der Waals surface area (Å²) in [5.74, 6) is -2.27. The van der Waals surface area contributed by atoms with Crippen LogP contribution in [0.25, 0.3) is 0 Å². The molecule has 0 radical (unpaired) electrons. The van der Waals surface area contributed by atoms with Gasteiger partial charge in [-0.15, -0.1) is 0 Å². The van der Waals surface area contributed by atoms with Gasteiger partial charge in [0.15, 0.2) is 11.5 Å². The molecular formula is C25H29NO7. The van der Waals surface area contributed by atoms with Crippen molar-refractivity contribution in [3.05, 3.63) is 29.8 Å². The van der Waals surface area contributed by atoms with Gasteiger partial charge in [-0.2, -0.15) is 0 Å². The highest BCUT2D eigenvalue weighted by Gasteiger charge is 2.73. The molecule has 4 fully saturated rings. The number of ketones is 1. The number of benzene rings is 1. The van der Waals surface area contributed by atoms with E-state index in [4.69, 9.17) is 4.74 Å². The van der Waals surface area contributed by atoms with Crippen molar-refractivity contribution in [3.63, 3.8) is 0 Å². The summed E-state index contributed by atoms with van der Waals surface area (Å²) >= 11 is 0. The highest BCUT2D eigenvalue weighted by molar-refractivity contribution is 6.00. The second-order valence-corrected chi connectivity index (χ2v) is 10.8. The number of nitrogens with one attached hydrogen (secondary N) is 1. The molecule has 1 aromatic carbocycles. The number of aromatic carboxylic acids is 1. The Balaban J connectivity index is 1.38. The van der Waals surface area contributed by atoms with Gasteiger partial charge in [-0.1, -0.05) is 19.9 Å². The number of carbonyl (C=O) groups is 3. The molecule has 6 unspecified atom stereocenters. The lowest BCUT2D eigenvalue weighted by molar-refractivity contribution is -0.174. The van der Waals surface area contributed by atoms with Crippen molar-refractivity contribution in [1.29, 1.82) is 0 Å². The number of hydrogen-bond acceptors (Lipinski definition) is 6. The predicted octanol–water partition coefficient (Wildman–Crippen LogP) is 3.48. The Morgan fingerprint density at radius 2 is 1.97 bits per heavy atom. The molecule has 0 aromatic heterocycles. The average Bonchev–Trinajstić information content (AvgIpc) is 3.08. The highest BCUT2D eigenvalue weighted by atomic mass is 16.5. The Labute approximate surface area is 191 Å². The number of carbonyl (C=O) groups excluding carboxylic acids is 2. The summed E-state index contributed by atoms with van der Waals surface area (Å²) in [6.07, 6.45) is 5.86. The van der Waals surface area contributed by atoms with Gasteiger partial charge in [0.05, 0.1) is 11.7 Å². The molecule has 6 rings (SSSR count). The number of ether oxygens (including phenoxy) is 1. The molecule has 7 atom stereocenters. The molecule has 2 aliphatic heterocycles. The second-order valence-electron chi connectivity index (χ2n) is 10.8. The first kappa shape index (κ1) is 21.9. The van der Waals surface area contributed by atoms with Gasteiger partial charge < -0.3 is 25.4 Å². The van der Waals surface area contributed by atoms with E-state index >= 15 is 0 Å². The molecule has 1 spiro atoms. The van der Waals surface area contributed by atoms with Crippen molar-refractivity contribution in [2.24, 2.45) is 28.6 Å². The quantitative estimate of drug-likeness (QED) is 0.500. The summed E-state index contributed by atoms with van der Waals surface area (Å²) in [6, 6.07) is 2.16. The first-order valence-electron chi connectivity index (χ1n) is 11.4. The Morgan fingerprint density at radius 3 is 2.64 bits per heavy atom. The van der Waals surface area contributed by atoms with Crippen LogP contribution in [0.2, 0.25) is 0 Å². The van der Waals surface area contributed by atoms with Crippen LogP contribution >= 0.6 is 0 Å². The number of phenolic OH excluding ortho intramolecular Hbond substituents is 1. The zero-order valence-corrected chi connectivity index (χ0v) is 18.9. The third-order valence-corrected chi connectivity index (χ3v) is 8.91. The number of carboxylic acid groups (broad SMARTS) is 1. The molecule has 4 N–H and O–H groups in total. The van der Waals surface area contributed by atoms with Crippen molar-refractivity contribution >= 4 is 23.3 Å². The third-order valence-electron chi connectivity index (χ3n) is 8.91. The van der Waals surface area contributed by atoms with Gasteiger partial charge in [-0.05, 0) is 61.6 Å². The van der Waals surface area contributed by atoms with E-state index in [0.29, 0.717) is 11.8 Å². The molecule has 8 nitrogen and oxygen atoms in total. The first-order valence-corrected chi connectivity index (χ1v) is 11.4. The number of amides is 1. The number of phenols is 2. The van der Waals surface area contributed by atoms with E-state index < -0.39 is 34.4 Å². The minimum Gasteiger partial charge on any atom is -0.506 e. The minimum atomic E-state index is -1.38. The topological polar surface area (TPSA) is 133 Å². The summed E-state index contributed by atoms with van der Waals surface area (Å²) < 4.78 is 6.52. The van der Waals surface area contributed by atoms with Gasteiger partial charge in [0.2, 0.25) is 5.91 Å². The van der Waals surface area contributed by atoms with E-state index in [0.717, 1.165) is 25.0 Å². The van der Waals surface area contributed by atoms with Gasteiger partial charge in [-0.3, -0.25) is 9.59 Å². The number of allylic oxidation sites excluding steroid dienone is 2. The van der Waals surface area contributed by atoms with Crippen LogP contribution in [0.4, 0.5) is 5.69 Å². The fourth-order valence-corrected chi connectivity index (χ4v) is 7.48. The lowest BCUT2D eigenvalue weighted by atomic mass is 9.49. The number of carboxylic acids is 1. The van der Waals surface area contributed by atoms with Gasteiger partial charge in [0, 0.05) is 17.8 Å². The molecule has 4 bridgehead atoms. The second kappa shape index (κ2) is 6.82. The van der Waals surface area contributed by atoms with E-state index in [1.807, 2.05) is 6.92 Å². The summed E-state index contributed by atoms with van der Waals surface area (Å²) in [5, 5.41) is 31.8. The van der Waals surface area contributed by atoms with Crippen LogP contribution in [0.1, 0.15) is 56.8 Å². The molecule has 1 amide bonds. The summed E-state index contributed by atoms with van der Waals surface area (Å²) in [4.78, 5) is 37.2. The van der Waals surface area contributed by atoms with Crippen LogP contribution in [-0.2, 0) is 14.3 Å². The maximum atomic E-state index is 13.2. The number of rotatable bonds is 5. The summed E-state index contributed by atoms with van der Waals surface area (Å²) in [7, 11) is 0. The van der Waals surface area contributed by atoms with Crippen molar-refractivity contribution < 1.29 is 34.4 Å². The maximum absolute atomic E-state index is 13.2. The molecule has 8 heteroatoms. The number of aromatic hydroxyl groups is 2. The van der Waals surface area contributed by atoms with E-state index in [1.165, 1.54) is 0 Å². The van der Waals surface area contributed by atoms with E-state index in [-0.39, 0.29) is 47.4 Å². The van der Waals surface area contributed by atoms with E-state index in [1.54, 1.807) is 6.08 Å². The first-order chi connectivity index (χ1) is 15.4. The lowest BCUT2D eigenvalue weighted by Crippen LogP contribution is -2.58. The van der Waals surface area contributed by atoms with Crippen LogP contribution in [0.5, 0.6) is 11.5 Å². The van der Waals surface area contributed by atoms with E-state index in [9.17, 15) is 29.7 Å². The SMILES string of the molecule is C[C@@H]1C2OC3(C)CC4(C=CC(=O)C(C)(CCC(=O)Nc5c(O)ccc(C(=O)O)c5O)C24)CC13. The van der Waals surface area contributed by atoms with Crippen LogP contribution in [-0.4, -0.2) is 44.7 Å². The van der Waals surface area contributed by atoms with Gasteiger partial charge in [0.1, 0.15) is 17.0 Å². The largest absolute Gasteiger partial charge is 0.506 e. The Morgan fingerprint density at radius 1 is 1.24 bits per heavy atom. The molecule has 2 saturated heterocycles. The van der Waals surface area contributed by atoms with Crippen LogP contribution in [0.3, 0.4) is 0 Å². The zero-order chi connectivity index (χ0) is 23.9. The van der Waals surface area contributed by atoms with Crippen molar-refractivity contribution in [2.45, 2.75) is 58.2 Å². The molecule has 33 heavy (non-hydrogen) atoms. The zero-order valence-electron chi connectivity index (χ0n) is 18.9. The van der Waals surface area contributed by atoms with Crippen molar-refractivity contribution in [3.8, 4) is 11.5 Å². The Kier molecular flexibility index (Phi) is 4.54. The molecule has 2 heterocycles. The van der Waals surface area contributed by atoms with E-state index in [2.05, 4.69) is 25.2 Å². The normalized spacial score (nSPS) is 40.2. The predicted molar refractivity (Wildman–Crippen MR) is 118 cm³/mol. The summed E-state index contributed by atoms with van der Waals surface area (Å²) in [6.45, 7) is 6.30. The van der Waals surface area contributed by atoms with Crippen LogP contribution in [0.15, 0.2) is 24.3 Å². The standard InChI is InChI=1S/C25H29NO7/c1-12-14-10-25-9-6-16(28)23(2,21(25)20(12)33-24(14,3)11-25)8-7-17(29)26-18-15(27)5-4-13(19(18)30)22(31)32/h4-6,9,12,14,20-21,27,30H,7-8,10-11H2,1-3H3,(H,26,29)(H,31,32)/t12-,14?,20?,21?,23?,24?,25?/m0/s1. The molecule has 2 saturated carbocycles. The van der Waals surface area contributed by atoms with Gasteiger partial charge in [-0.25, -0.2) is 4.79 Å². The molecule has 1 aromatic rings. The van der Waals surface area contributed by atoms with Crippen LogP contribution < -0.4 is 5.32 Å². The molecule has 5 aliphatic rings. The number of hydrogen-bond donors (Lipinski definition) is 4. The summed E-state index contributed by atoms with van der Waals surface area (Å²) in [5.41, 5.74) is -1.82.